The molecule has 1 aliphatic carbocycles. The normalized spacial score (nSPS) is 20.8. The summed E-state index contributed by atoms with van der Waals surface area (Å²) in [7, 11) is 0. The van der Waals surface area contributed by atoms with Crippen LogP contribution in [-0.4, -0.2) is 19.1 Å². The molecule has 0 radical (unpaired) electrons. The summed E-state index contributed by atoms with van der Waals surface area (Å²) in [5.74, 6) is 1.07. The van der Waals surface area contributed by atoms with E-state index in [1.165, 1.54) is 6.42 Å². The van der Waals surface area contributed by atoms with Crippen LogP contribution < -0.4 is 15.8 Å². The standard InChI is InChI=1S/C17H26N2O2/c1-17(2)10-4-3-5-15(17)16(20)19-11-12-21-14-8-6-13(18)7-9-14/h6-9,15H,3-5,10-12,18H2,1-2H3,(H,19,20). The van der Waals surface area contributed by atoms with Crippen LogP contribution >= 0.6 is 0 Å². The second kappa shape index (κ2) is 6.83. The highest BCUT2D eigenvalue weighted by Crippen LogP contribution is 2.40. The molecule has 3 N–H and O–H groups in total. The number of amides is 1. The van der Waals surface area contributed by atoms with E-state index in [0.29, 0.717) is 13.2 Å². The van der Waals surface area contributed by atoms with E-state index in [1.54, 1.807) is 12.1 Å². The molecule has 1 atom stereocenters. The molecule has 0 bridgehead atoms. The Morgan fingerprint density at radius 2 is 2.05 bits per heavy atom. The molecule has 0 aliphatic heterocycles. The van der Waals surface area contributed by atoms with E-state index < -0.39 is 0 Å². The van der Waals surface area contributed by atoms with Gasteiger partial charge in [-0.1, -0.05) is 26.7 Å². The maximum Gasteiger partial charge on any atom is 0.223 e. The Hall–Kier alpha value is -1.71. The maximum atomic E-state index is 12.3. The Balaban J connectivity index is 1.73. The number of ether oxygens (including phenoxy) is 1. The fourth-order valence-corrected chi connectivity index (χ4v) is 3.01. The Bertz CT molecular complexity index is 468. The van der Waals surface area contributed by atoms with E-state index in [2.05, 4.69) is 19.2 Å². The molecule has 1 aromatic rings. The SMILES string of the molecule is CC1(C)CCCCC1C(=O)NCCOc1ccc(N)cc1. The van der Waals surface area contributed by atoms with Crippen LogP contribution in [0.4, 0.5) is 5.69 Å². The van der Waals surface area contributed by atoms with Crippen molar-refractivity contribution in [2.75, 3.05) is 18.9 Å². The zero-order valence-electron chi connectivity index (χ0n) is 13.0. The van der Waals surface area contributed by atoms with Crippen molar-refractivity contribution in [1.82, 2.24) is 5.32 Å². The van der Waals surface area contributed by atoms with E-state index >= 15 is 0 Å². The van der Waals surface area contributed by atoms with Crippen LogP contribution in [0.5, 0.6) is 5.75 Å². The van der Waals surface area contributed by atoms with Gasteiger partial charge in [0.25, 0.3) is 0 Å². The first-order valence-corrected chi connectivity index (χ1v) is 7.75. The van der Waals surface area contributed by atoms with Gasteiger partial charge >= 0.3 is 0 Å². The van der Waals surface area contributed by atoms with Crippen molar-refractivity contribution < 1.29 is 9.53 Å². The van der Waals surface area contributed by atoms with E-state index in [4.69, 9.17) is 10.5 Å². The topological polar surface area (TPSA) is 64.3 Å². The molecule has 0 heterocycles. The molecule has 2 rings (SSSR count). The van der Waals surface area contributed by atoms with Gasteiger partial charge in [-0.3, -0.25) is 4.79 Å². The van der Waals surface area contributed by atoms with Crippen molar-refractivity contribution in [2.45, 2.75) is 39.5 Å². The van der Waals surface area contributed by atoms with E-state index in [0.717, 1.165) is 30.7 Å². The zero-order chi connectivity index (χ0) is 15.3. The third-order valence-corrected chi connectivity index (χ3v) is 4.37. The lowest BCUT2D eigenvalue weighted by Crippen LogP contribution is -2.42. The van der Waals surface area contributed by atoms with Crippen molar-refractivity contribution in [1.29, 1.82) is 0 Å². The minimum Gasteiger partial charge on any atom is -0.492 e. The monoisotopic (exact) mass is 290 g/mol. The number of hydrogen-bond acceptors (Lipinski definition) is 3. The van der Waals surface area contributed by atoms with Gasteiger partial charge < -0.3 is 15.8 Å². The first-order valence-electron chi connectivity index (χ1n) is 7.75. The van der Waals surface area contributed by atoms with Gasteiger partial charge in [0.15, 0.2) is 0 Å². The maximum absolute atomic E-state index is 12.3. The quantitative estimate of drug-likeness (QED) is 0.647. The lowest BCUT2D eigenvalue weighted by atomic mass is 9.68. The molecule has 4 heteroatoms. The Kier molecular flexibility index (Phi) is 5.10. The highest BCUT2D eigenvalue weighted by atomic mass is 16.5. The average Bonchev–Trinajstić information content (AvgIpc) is 2.45. The molecule has 0 aromatic heterocycles. The van der Waals surface area contributed by atoms with Gasteiger partial charge in [-0.05, 0) is 42.5 Å². The molecule has 116 valence electrons. The van der Waals surface area contributed by atoms with Gasteiger partial charge in [-0.25, -0.2) is 0 Å². The fraction of sp³-hybridized carbons (Fsp3) is 0.588. The number of carbonyl (C=O) groups is 1. The Morgan fingerprint density at radius 1 is 1.33 bits per heavy atom. The van der Waals surface area contributed by atoms with Gasteiger partial charge in [0.05, 0.1) is 6.54 Å². The third-order valence-electron chi connectivity index (χ3n) is 4.37. The molecular weight excluding hydrogens is 264 g/mol. The largest absolute Gasteiger partial charge is 0.492 e. The second-order valence-electron chi connectivity index (χ2n) is 6.50. The summed E-state index contributed by atoms with van der Waals surface area (Å²) in [5, 5.41) is 3.00. The van der Waals surface area contributed by atoms with E-state index in [1.807, 2.05) is 12.1 Å². The molecule has 1 saturated carbocycles. The van der Waals surface area contributed by atoms with Crippen LogP contribution in [0.1, 0.15) is 39.5 Å². The number of benzene rings is 1. The Morgan fingerprint density at radius 3 is 2.71 bits per heavy atom. The minimum absolute atomic E-state index is 0.111. The molecular formula is C17H26N2O2. The minimum atomic E-state index is 0.111. The smallest absolute Gasteiger partial charge is 0.223 e. The lowest BCUT2D eigenvalue weighted by molar-refractivity contribution is -0.130. The number of anilines is 1. The zero-order valence-corrected chi connectivity index (χ0v) is 13.0. The molecule has 1 fully saturated rings. The summed E-state index contributed by atoms with van der Waals surface area (Å²) in [6.07, 6.45) is 4.52. The van der Waals surface area contributed by atoms with Crippen LogP contribution in [-0.2, 0) is 4.79 Å². The van der Waals surface area contributed by atoms with Gasteiger partial charge in [0.1, 0.15) is 12.4 Å². The molecule has 0 spiro atoms. The van der Waals surface area contributed by atoms with Crippen LogP contribution in [0.2, 0.25) is 0 Å². The number of rotatable bonds is 5. The van der Waals surface area contributed by atoms with Gasteiger partial charge in [-0.15, -0.1) is 0 Å². The lowest BCUT2D eigenvalue weighted by Gasteiger charge is -2.37. The van der Waals surface area contributed by atoms with Crippen molar-refractivity contribution >= 4 is 11.6 Å². The molecule has 4 nitrogen and oxygen atoms in total. The summed E-state index contributed by atoms with van der Waals surface area (Å²) in [4.78, 5) is 12.3. The van der Waals surface area contributed by atoms with Crippen LogP contribution in [0.15, 0.2) is 24.3 Å². The van der Waals surface area contributed by atoms with Crippen molar-refractivity contribution in [3.63, 3.8) is 0 Å². The summed E-state index contributed by atoms with van der Waals surface area (Å²) in [6.45, 7) is 5.40. The van der Waals surface area contributed by atoms with Crippen LogP contribution in [0.3, 0.4) is 0 Å². The molecule has 1 aromatic carbocycles. The summed E-state index contributed by atoms with van der Waals surface area (Å²) in [5.41, 5.74) is 6.45. The summed E-state index contributed by atoms with van der Waals surface area (Å²) in [6, 6.07) is 7.28. The first-order chi connectivity index (χ1) is 9.99. The van der Waals surface area contributed by atoms with Gasteiger partial charge in [0.2, 0.25) is 5.91 Å². The number of nitrogens with one attached hydrogen (secondary N) is 1. The molecule has 1 amide bonds. The molecule has 1 unspecified atom stereocenters. The van der Waals surface area contributed by atoms with Crippen LogP contribution in [0.25, 0.3) is 0 Å². The van der Waals surface area contributed by atoms with Crippen LogP contribution in [0, 0.1) is 11.3 Å². The molecule has 0 saturated heterocycles. The van der Waals surface area contributed by atoms with E-state index in [9.17, 15) is 4.79 Å². The predicted molar refractivity (Wildman–Crippen MR) is 85.1 cm³/mol. The van der Waals surface area contributed by atoms with Gasteiger partial charge in [-0.2, -0.15) is 0 Å². The van der Waals surface area contributed by atoms with Crippen molar-refractivity contribution in [3.8, 4) is 5.75 Å². The summed E-state index contributed by atoms with van der Waals surface area (Å²) >= 11 is 0. The third kappa shape index (κ3) is 4.38. The number of hydrogen-bond donors (Lipinski definition) is 2. The second-order valence-corrected chi connectivity index (χ2v) is 6.50. The highest BCUT2D eigenvalue weighted by molar-refractivity contribution is 5.79. The summed E-state index contributed by atoms with van der Waals surface area (Å²) < 4.78 is 5.58. The number of carbonyl (C=O) groups excluding carboxylic acids is 1. The average molecular weight is 290 g/mol. The highest BCUT2D eigenvalue weighted by Gasteiger charge is 2.36. The number of nitrogen functional groups attached to an aromatic ring is 1. The van der Waals surface area contributed by atoms with Crippen molar-refractivity contribution in [3.05, 3.63) is 24.3 Å². The van der Waals surface area contributed by atoms with E-state index in [-0.39, 0.29) is 17.2 Å². The molecule has 21 heavy (non-hydrogen) atoms. The van der Waals surface area contributed by atoms with Crippen molar-refractivity contribution in [2.24, 2.45) is 11.3 Å². The number of nitrogens with two attached hydrogens (primary N) is 1. The fourth-order valence-electron chi connectivity index (χ4n) is 3.01. The first kappa shape index (κ1) is 15.7. The van der Waals surface area contributed by atoms with Gasteiger partial charge in [0, 0.05) is 11.6 Å². The molecule has 1 aliphatic rings. The Labute approximate surface area is 127 Å². The predicted octanol–water partition coefficient (Wildman–Crippen LogP) is 2.98.